The van der Waals surface area contributed by atoms with Crippen LogP contribution in [0, 0.1) is 0 Å². The Morgan fingerprint density at radius 1 is 1.32 bits per heavy atom. The molecule has 0 amide bonds. The van der Waals surface area contributed by atoms with Gasteiger partial charge in [-0.05, 0) is 18.6 Å². The van der Waals surface area contributed by atoms with E-state index in [1.165, 1.54) is 6.33 Å². The number of alkyl halides is 3. The Hall–Kier alpha value is -2.05. The highest BCUT2D eigenvalue weighted by Crippen LogP contribution is 2.24. The molecule has 0 fully saturated rings. The van der Waals surface area contributed by atoms with Crippen LogP contribution in [0.15, 0.2) is 30.9 Å². The van der Waals surface area contributed by atoms with Crippen LogP contribution in [-0.2, 0) is 6.54 Å². The predicted octanol–water partition coefficient (Wildman–Crippen LogP) is 2.87. The van der Waals surface area contributed by atoms with Crippen molar-refractivity contribution in [3.05, 3.63) is 30.9 Å². The number of hydrogen-bond acceptors (Lipinski definition) is 3. The van der Waals surface area contributed by atoms with Gasteiger partial charge in [0, 0.05) is 24.7 Å². The molecule has 0 saturated heterocycles. The highest BCUT2D eigenvalue weighted by molar-refractivity contribution is 5.61. The van der Waals surface area contributed by atoms with Crippen molar-refractivity contribution in [1.29, 1.82) is 0 Å². The van der Waals surface area contributed by atoms with Gasteiger partial charge in [0.1, 0.15) is 5.82 Å². The lowest BCUT2D eigenvalue weighted by molar-refractivity contribution is -0.135. The summed E-state index contributed by atoms with van der Waals surface area (Å²) in [4.78, 5) is 7.84. The molecular weight excluding hydrogens is 257 g/mol. The van der Waals surface area contributed by atoms with Gasteiger partial charge in [-0.25, -0.2) is 9.97 Å². The van der Waals surface area contributed by atoms with E-state index in [0.717, 1.165) is 11.3 Å². The number of hydrogen-bond donors (Lipinski definition) is 1. The summed E-state index contributed by atoms with van der Waals surface area (Å²) in [6.07, 6.45) is -0.235. The summed E-state index contributed by atoms with van der Waals surface area (Å²) in [7, 11) is 0. The lowest BCUT2D eigenvalue weighted by atomic mass is 10.2. The molecule has 0 aliphatic rings. The van der Waals surface area contributed by atoms with Gasteiger partial charge in [0.15, 0.2) is 0 Å². The summed E-state index contributed by atoms with van der Waals surface area (Å²) >= 11 is 0. The topological polar surface area (TPSA) is 56.7 Å². The average molecular weight is 270 g/mol. The molecule has 4 nitrogen and oxygen atoms in total. The molecule has 2 aromatic rings. The van der Waals surface area contributed by atoms with Gasteiger partial charge in [-0.2, -0.15) is 13.2 Å². The fraction of sp³-hybridized carbons (Fsp3) is 0.333. The lowest BCUT2D eigenvalue weighted by Gasteiger charge is -2.10. The zero-order valence-electron chi connectivity index (χ0n) is 10.1. The number of anilines is 1. The molecule has 2 rings (SSSR count). The van der Waals surface area contributed by atoms with E-state index in [4.69, 9.17) is 5.73 Å². The van der Waals surface area contributed by atoms with Crippen LogP contribution in [-0.4, -0.2) is 20.7 Å². The van der Waals surface area contributed by atoms with E-state index in [1.54, 1.807) is 29.1 Å². The second-order valence-electron chi connectivity index (χ2n) is 4.16. The van der Waals surface area contributed by atoms with Gasteiger partial charge < -0.3 is 10.3 Å². The highest BCUT2D eigenvalue weighted by Gasteiger charge is 2.26. The maximum atomic E-state index is 12.1. The number of rotatable bonds is 4. The highest BCUT2D eigenvalue weighted by atomic mass is 19.4. The first-order valence-electron chi connectivity index (χ1n) is 5.74. The molecule has 7 heteroatoms. The van der Waals surface area contributed by atoms with Crippen molar-refractivity contribution in [2.24, 2.45) is 0 Å². The first kappa shape index (κ1) is 13.4. The van der Waals surface area contributed by atoms with Gasteiger partial charge in [0.05, 0.1) is 18.2 Å². The SMILES string of the molecule is Nc1cc(-c2cncn2CCCC(F)(F)F)ccn1. The summed E-state index contributed by atoms with van der Waals surface area (Å²) in [6.45, 7) is 0.261. The van der Waals surface area contributed by atoms with E-state index in [0.29, 0.717) is 5.82 Å². The Balaban J connectivity index is 2.10. The predicted molar refractivity (Wildman–Crippen MR) is 65.2 cm³/mol. The number of nitrogen functional groups attached to an aromatic ring is 1. The van der Waals surface area contributed by atoms with Crippen LogP contribution < -0.4 is 5.73 Å². The molecule has 0 bridgehead atoms. The van der Waals surface area contributed by atoms with Gasteiger partial charge in [-0.3, -0.25) is 0 Å². The van der Waals surface area contributed by atoms with Crippen LogP contribution in [0.3, 0.4) is 0 Å². The Bertz CT molecular complexity index is 548. The number of nitrogens with zero attached hydrogens (tertiary/aromatic N) is 3. The fourth-order valence-corrected chi connectivity index (χ4v) is 1.80. The number of nitrogens with two attached hydrogens (primary N) is 1. The Kier molecular flexibility index (Phi) is 3.73. The lowest BCUT2D eigenvalue weighted by Crippen LogP contribution is -2.09. The van der Waals surface area contributed by atoms with Crippen molar-refractivity contribution in [3.63, 3.8) is 0 Å². The van der Waals surface area contributed by atoms with Crippen molar-refractivity contribution in [2.45, 2.75) is 25.6 Å². The standard InChI is InChI=1S/C12H13F3N4/c13-12(14,15)3-1-5-19-8-17-7-10(19)9-2-4-18-11(16)6-9/h2,4,6-8H,1,3,5H2,(H2,16,18). The maximum absolute atomic E-state index is 12.1. The van der Waals surface area contributed by atoms with Gasteiger partial charge in [-0.15, -0.1) is 0 Å². The van der Waals surface area contributed by atoms with E-state index in [2.05, 4.69) is 9.97 Å². The first-order valence-corrected chi connectivity index (χ1v) is 5.74. The third-order valence-corrected chi connectivity index (χ3v) is 2.65. The smallest absolute Gasteiger partial charge is 0.384 e. The van der Waals surface area contributed by atoms with E-state index in [1.807, 2.05) is 0 Å². The monoisotopic (exact) mass is 270 g/mol. The van der Waals surface area contributed by atoms with Crippen LogP contribution >= 0.6 is 0 Å². The van der Waals surface area contributed by atoms with Crippen molar-refractivity contribution in [1.82, 2.24) is 14.5 Å². The molecule has 0 atom stereocenters. The minimum absolute atomic E-state index is 0.0213. The van der Waals surface area contributed by atoms with Crippen LogP contribution in [0.1, 0.15) is 12.8 Å². The van der Waals surface area contributed by atoms with E-state index >= 15 is 0 Å². The van der Waals surface area contributed by atoms with Crippen LogP contribution in [0.2, 0.25) is 0 Å². The van der Waals surface area contributed by atoms with E-state index < -0.39 is 12.6 Å². The number of halogens is 3. The van der Waals surface area contributed by atoms with Gasteiger partial charge >= 0.3 is 6.18 Å². The number of aryl methyl sites for hydroxylation is 1. The zero-order chi connectivity index (χ0) is 13.9. The largest absolute Gasteiger partial charge is 0.389 e. The molecule has 0 aliphatic carbocycles. The van der Waals surface area contributed by atoms with Crippen molar-refractivity contribution < 1.29 is 13.2 Å². The zero-order valence-corrected chi connectivity index (χ0v) is 10.1. The van der Waals surface area contributed by atoms with Gasteiger partial charge in [0.25, 0.3) is 0 Å². The Labute approximate surface area is 108 Å². The van der Waals surface area contributed by atoms with Crippen LogP contribution in [0.5, 0.6) is 0 Å². The fourth-order valence-electron chi connectivity index (χ4n) is 1.80. The Morgan fingerprint density at radius 2 is 2.11 bits per heavy atom. The first-order chi connectivity index (χ1) is 8.96. The normalized spacial score (nSPS) is 11.7. The summed E-state index contributed by atoms with van der Waals surface area (Å²) in [5.41, 5.74) is 7.10. The molecule has 19 heavy (non-hydrogen) atoms. The van der Waals surface area contributed by atoms with Gasteiger partial charge in [-0.1, -0.05) is 0 Å². The number of aromatic nitrogens is 3. The van der Waals surface area contributed by atoms with Crippen molar-refractivity contribution >= 4 is 5.82 Å². The van der Waals surface area contributed by atoms with E-state index in [9.17, 15) is 13.2 Å². The third-order valence-electron chi connectivity index (χ3n) is 2.65. The molecule has 0 saturated carbocycles. The molecule has 2 N–H and O–H groups in total. The maximum Gasteiger partial charge on any atom is 0.389 e. The molecule has 0 unspecified atom stereocenters. The molecular formula is C12H13F3N4. The van der Waals surface area contributed by atoms with Gasteiger partial charge in [0.2, 0.25) is 0 Å². The molecule has 102 valence electrons. The number of imidazole rings is 1. The Morgan fingerprint density at radius 3 is 2.79 bits per heavy atom. The molecule has 0 aliphatic heterocycles. The van der Waals surface area contributed by atoms with E-state index in [-0.39, 0.29) is 13.0 Å². The van der Waals surface area contributed by atoms with Crippen LogP contribution in [0.25, 0.3) is 11.3 Å². The minimum Gasteiger partial charge on any atom is -0.384 e. The van der Waals surface area contributed by atoms with Crippen LogP contribution in [0.4, 0.5) is 19.0 Å². The molecule has 0 radical (unpaired) electrons. The molecule has 0 spiro atoms. The average Bonchev–Trinajstić information content (AvgIpc) is 2.75. The second kappa shape index (κ2) is 5.29. The summed E-state index contributed by atoms with van der Waals surface area (Å²) < 4.78 is 38.0. The molecule has 2 heterocycles. The molecule has 2 aromatic heterocycles. The summed E-state index contributed by atoms with van der Waals surface area (Å²) in [5.74, 6) is 0.362. The second-order valence-corrected chi connectivity index (χ2v) is 4.16. The number of pyridine rings is 1. The molecule has 0 aromatic carbocycles. The quantitative estimate of drug-likeness (QED) is 0.929. The summed E-state index contributed by atoms with van der Waals surface area (Å²) in [6, 6.07) is 3.41. The van der Waals surface area contributed by atoms with Crippen molar-refractivity contribution in [3.8, 4) is 11.3 Å². The summed E-state index contributed by atoms with van der Waals surface area (Å²) in [5, 5.41) is 0. The third kappa shape index (κ3) is 3.70. The minimum atomic E-state index is -4.12. The van der Waals surface area contributed by atoms with Crippen molar-refractivity contribution in [2.75, 3.05) is 5.73 Å².